The molecule has 0 bridgehead atoms. The lowest BCUT2D eigenvalue weighted by molar-refractivity contribution is 0.262. The zero-order valence-corrected chi connectivity index (χ0v) is 14.5. The van der Waals surface area contributed by atoms with Crippen molar-refractivity contribution in [1.29, 1.82) is 0 Å². The molecule has 1 aromatic heterocycles. The Morgan fingerprint density at radius 1 is 1.19 bits per heavy atom. The second kappa shape index (κ2) is 7.69. The number of hydrogen-bond acceptors (Lipinski definition) is 3. The average Bonchev–Trinajstić information content (AvgIpc) is 3.04. The van der Waals surface area contributed by atoms with Crippen molar-refractivity contribution >= 4 is 17.4 Å². The molecular formula is C19H19FN4O2. The van der Waals surface area contributed by atoms with Gasteiger partial charge in [0.1, 0.15) is 17.3 Å². The molecule has 1 heterocycles. The fourth-order valence-corrected chi connectivity index (χ4v) is 2.63. The van der Waals surface area contributed by atoms with Gasteiger partial charge in [-0.05, 0) is 30.7 Å². The Labute approximate surface area is 150 Å². The minimum atomic E-state index is -0.441. The monoisotopic (exact) mass is 354 g/mol. The summed E-state index contributed by atoms with van der Waals surface area (Å²) >= 11 is 0. The summed E-state index contributed by atoms with van der Waals surface area (Å²) in [6.45, 7) is 1.94. The van der Waals surface area contributed by atoms with Crippen molar-refractivity contribution in [3.05, 3.63) is 60.0 Å². The molecule has 0 aliphatic rings. The number of H-pyrrole nitrogens is 1. The Balaban J connectivity index is 1.87. The number of carbonyl (C=O) groups is 1. The molecule has 0 saturated heterocycles. The SMILES string of the molecule is CCc1[nH]nc(-c2cccc(F)c2)c1NC(=O)Nc1ccccc1OC. The Morgan fingerprint density at radius 3 is 2.73 bits per heavy atom. The quantitative estimate of drug-likeness (QED) is 0.634. The van der Waals surface area contributed by atoms with E-state index in [1.807, 2.05) is 13.0 Å². The van der Waals surface area contributed by atoms with Crippen LogP contribution in [-0.2, 0) is 6.42 Å². The number of amides is 2. The molecule has 0 atom stereocenters. The molecule has 26 heavy (non-hydrogen) atoms. The van der Waals surface area contributed by atoms with Gasteiger partial charge in [-0.25, -0.2) is 9.18 Å². The molecule has 2 aromatic carbocycles. The minimum absolute atomic E-state index is 0.368. The summed E-state index contributed by atoms with van der Waals surface area (Å²) < 4.78 is 18.8. The topological polar surface area (TPSA) is 79.0 Å². The van der Waals surface area contributed by atoms with E-state index >= 15 is 0 Å². The van der Waals surface area contributed by atoms with Crippen LogP contribution in [0.4, 0.5) is 20.6 Å². The molecule has 0 aliphatic heterocycles. The number of aromatic amines is 1. The summed E-state index contributed by atoms with van der Waals surface area (Å²) in [7, 11) is 1.53. The van der Waals surface area contributed by atoms with E-state index in [1.54, 1.807) is 30.3 Å². The van der Waals surface area contributed by atoms with E-state index in [4.69, 9.17) is 4.74 Å². The molecule has 0 radical (unpaired) electrons. The number of ether oxygens (including phenoxy) is 1. The van der Waals surface area contributed by atoms with Gasteiger partial charge in [0.2, 0.25) is 0 Å². The zero-order valence-electron chi connectivity index (χ0n) is 14.5. The molecule has 0 unspecified atom stereocenters. The number of urea groups is 1. The number of halogens is 1. The average molecular weight is 354 g/mol. The van der Waals surface area contributed by atoms with Crippen LogP contribution in [0.15, 0.2) is 48.5 Å². The molecule has 3 N–H and O–H groups in total. The number of aromatic nitrogens is 2. The molecule has 0 fully saturated rings. The van der Waals surface area contributed by atoms with Gasteiger partial charge in [0.25, 0.3) is 0 Å². The minimum Gasteiger partial charge on any atom is -0.495 e. The van der Waals surface area contributed by atoms with Crippen molar-refractivity contribution in [2.24, 2.45) is 0 Å². The Kier molecular flexibility index (Phi) is 5.17. The number of anilines is 2. The Hall–Kier alpha value is -3.35. The fraction of sp³-hybridized carbons (Fsp3) is 0.158. The maximum Gasteiger partial charge on any atom is 0.323 e. The van der Waals surface area contributed by atoms with Crippen LogP contribution in [-0.4, -0.2) is 23.3 Å². The van der Waals surface area contributed by atoms with Gasteiger partial charge in [0.05, 0.1) is 24.2 Å². The molecule has 0 saturated carbocycles. The Morgan fingerprint density at radius 2 is 2.00 bits per heavy atom. The number of benzene rings is 2. The highest BCUT2D eigenvalue weighted by Crippen LogP contribution is 2.30. The van der Waals surface area contributed by atoms with Crippen LogP contribution in [0.25, 0.3) is 11.3 Å². The van der Waals surface area contributed by atoms with Crippen LogP contribution in [0.3, 0.4) is 0 Å². The van der Waals surface area contributed by atoms with Crippen LogP contribution in [0, 0.1) is 5.82 Å². The van der Waals surface area contributed by atoms with E-state index in [1.165, 1.54) is 19.2 Å². The number of methoxy groups -OCH3 is 1. The third-order valence-corrected chi connectivity index (χ3v) is 3.89. The maximum atomic E-state index is 13.6. The number of aryl methyl sites for hydroxylation is 1. The van der Waals surface area contributed by atoms with Gasteiger partial charge in [-0.1, -0.05) is 31.2 Å². The maximum absolute atomic E-state index is 13.6. The summed E-state index contributed by atoms with van der Waals surface area (Å²) in [4.78, 5) is 12.5. The van der Waals surface area contributed by atoms with Crippen LogP contribution in [0.1, 0.15) is 12.6 Å². The number of hydrogen-bond donors (Lipinski definition) is 3. The van der Waals surface area contributed by atoms with E-state index in [0.717, 1.165) is 5.69 Å². The first-order valence-electron chi connectivity index (χ1n) is 8.16. The first-order valence-corrected chi connectivity index (χ1v) is 8.16. The number of rotatable bonds is 5. The third-order valence-electron chi connectivity index (χ3n) is 3.89. The highest BCUT2D eigenvalue weighted by molar-refractivity contribution is 6.03. The predicted molar refractivity (Wildman–Crippen MR) is 99.0 cm³/mol. The van der Waals surface area contributed by atoms with Gasteiger partial charge >= 0.3 is 6.03 Å². The van der Waals surface area contributed by atoms with Gasteiger partial charge < -0.3 is 15.4 Å². The highest BCUT2D eigenvalue weighted by atomic mass is 19.1. The largest absolute Gasteiger partial charge is 0.495 e. The van der Waals surface area contributed by atoms with Crippen molar-refractivity contribution in [3.63, 3.8) is 0 Å². The first-order chi connectivity index (χ1) is 12.6. The van der Waals surface area contributed by atoms with Gasteiger partial charge in [-0.15, -0.1) is 0 Å². The van der Waals surface area contributed by atoms with E-state index in [0.29, 0.717) is 34.8 Å². The predicted octanol–water partition coefficient (Wildman–Crippen LogP) is 4.43. The van der Waals surface area contributed by atoms with Crippen molar-refractivity contribution in [2.75, 3.05) is 17.7 Å². The summed E-state index contributed by atoms with van der Waals surface area (Å²) in [5.41, 5.74) is 2.87. The number of carbonyl (C=O) groups excluding carboxylic acids is 1. The molecule has 134 valence electrons. The summed E-state index contributed by atoms with van der Waals surface area (Å²) in [6, 6.07) is 12.7. The lowest BCUT2D eigenvalue weighted by Crippen LogP contribution is -2.20. The molecule has 2 amide bonds. The second-order valence-electron chi connectivity index (χ2n) is 5.57. The van der Waals surface area contributed by atoms with Crippen molar-refractivity contribution in [3.8, 4) is 17.0 Å². The fourth-order valence-electron chi connectivity index (χ4n) is 2.63. The van der Waals surface area contributed by atoms with Crippen LogP contribution in [0.5, 0.6) is 5.75 Å². The van der Waals surface area contributed by atoms with Gasteiger partial charge in [-0.2, -0.15) is 5.10 Å². The molecule has 3 rings (SSSR count). The van der Waals surface area contributed by atoms with E-state index in [2.05, 4.69) is 20.8 Å². The zero-order chi connectivity index (χ0) is 18.5. The lowest BCUT2D eigenvalue weighted by atomic mass is 10.1. The molecule has 3 aromatic rings. The number of nitrogens with one attached hydrogen (secondary N) is 3. The normalized spacial score (nSPS) is 10.4. The second-order valence-corrected chi connectivity index (χ2v) is 5.57. The summed E-state index contributed by atoms with van der Waals surface area (Å²) in [5, 5.41) is 12.7. The van der Waals surface area contributed by atoms with Crippen LogP contribution in [0.2, 0.25) is 0 Å². The Bertz CT molecular complexity index is 923. The highest BCUT2D eigenvalue weighted by Gasteiger charge is 2.17. The summed E-state index contributed by atoms with van der Waals surface area (Å²) in [6.07, 6.45) is 0.632. The van der Waals surface area contributed by atoms with Crippen molar-refractivity contribution in [1.82, 2.24) is 10.2 Å². The standard InChI is InChI=1S/C19H19FN4O2/c1-3-14-18(17(24-23-14)12-7-6-8-13(20)11-12)22-19(25)21-15-9-4-5-10-16(15)26-2/h4-11H,3H2,1-2H3,(H,23,24)(H2,21,22,25). The van der Waals surface area contributed by atoms with Crippen molar-refractivity contribution in [2.45, 2.75) is 13.3 Å². The molecule has 6 nitrogen and oxygen atoms in total. The molecular weight excluding hydrogens is 335 g/mol. The van der Waals surface area contributed by atoms with Crippen molar-refractivity contribution < 1.29 is 13.9 Å². The van der Waals surface area contributed by atoms with Gasteiger partial charge in [-0.3, -0.25) is 5.10 Å². The van der Waals surface area contributed by atoms with Gasteiger partial charge in [0, 0.05) is 5.56 Å². The first kappa shape index (κ1) is 17.5. The van der Waals surface area contributed by atoms with E-state index in [9.17, 15) is 9.18 Å². The van der Waals surface area contributed by atoms with E-state index in [-0.39, 0.29) is 5.82 Å². The molecule has 7 heteroatoms. The van der Waals surface area contributed by atoms with Crippen LogP contribution >= 0.6 is 0 Å². The number of para-hydroxylation sites is 2. The third kappa shape index (κ3) is 3.66. The smallest absolute Gasteiger partial charge is 0.323 e. The van der Waals surface area contributed by atoms with Crippen LogP contribution < -0.4 is 15.4 Å². The number of nitrogens with zero attached hydrogens (tertiary/aromatic N) is 1. The molecule has 0 aliphatic carbocycles. The summed E-state index contributed by atoms with van der Waals surface area (Å²) in [5.74, 6) is 0.184. The van der Waals surface area contributed by atoms with Gasteiger partial charge in [0.15, 0.2) is 0 Å². The molecule has 0 spiro atoms. The van der Waals surface area contributed by atoms with E-state index < -0.39 is 6.03 Å². The lowest BCUT2D eigenvalue weighted by Gasteiger charge is -2.12.